The Balaban J connectivity index is 1.64. The zero-order valence-corrected chi connectivity index (χ0v) is 19.0. The Labute approximate surface area is 193 Å². The number of imidazole rings is 1. The molecule has 0 radical (unpaired) electrons. The number of hydrogen-bond donors (Lipinski definition) is 1. The van der Waals surface area contributed by atoms with Crippen molar-refractivity contribution < 1.29 is 18.3 Å². The number of likely N-dealkylation sites (N-methyl/N-ethyl adjacent to an activating group) is 1. The maximum atomic E-state index is 13.2. The van der Waals surface area contributed by atoms with E-state index in [-0.39, 0.29) is 29.1 Å². The summed E-state index contributed by atoms with van der Waals surface area (Å²) in [5.41, 5.74) is -2.37. The summed E-state index contributed by atoms with van der Waals surface area (Å²) in [7, 11) is 2.07. The van der Waals surface area contributed by atoms with Gasteiger partial charge in [-0.1, -0.05) is 0 Å². The van der Waals surface area contributed by atoms with Crippen molar-refractivity contribution in [3.8, 4) is 11.6 Å². The third kappa shape index (κ3) is 5.03. The molecule has 2 aromatic heterocycles. The van der Waals surface area contributed by atoms with Crippen LogP contribution in [0.3, 0.4) is 0 Å². The fourth-order valence-corrected chi connectivity index (χ4v) is 4.44. The summed E-state index contributed by atoms with van der Waals surface area (Å²) in [5.74, 6) is -0.244. The molecule has 0 unspecified atom stereocenters. The highest BCUT2D eigenvalue weighted by Gasteiger charge is 2.29. The smallest absolute Gasteiger partial charge is 0.446 e. The SMILES string of the molecule is Cc1c(O)n(-c2ccc(SC(F)(F)F)cc2)c(=O)n1Cc1ccncc1N1CCN(C)CC1. The minimum absolute atomic E-state index is 0.00328. The average molecular weight is 480 g/mol. The Hall–Kier alpha value is -2.92. The lowest BCUT2D eigenvalue weighted by molar-refractivity contribution is -0.0328. The maximum absolute atomic E-state index is 13.2. The average Bonchev–Trinajstić information content (AvgIpc) is 2.98. The minimum Gasteiger partial charge on any atom is -0.493 e. The van der Waals surface area contributed by atoms with E-state index in [9.17, 15) is 23.1 Å². The number of pyridine rings is 1. The Morgan fingerprint density at radius 2 is 1.76 bits per heavy atom. The lowest BCUT2D eigenvalue weighted by atomic mass is 10.2. The molecule has 0 atom stereocenters. The summed E-state index contributed by atoms with van der Waals surface area (Å²) in [6.07, 6.45) is 3.46. The summed E-state index contributed by atoms with van der Waals surface area (Å²) in [6.45, 7) is 5.41. The number of aromatic nitrogens is 3. The molecule has 4 rings (SSSR count). The van der Waals surface area contributed by atoms with Gasteiger partial charge in [-0.25, -0.2) is 9.36 Å². The summed E-state index contributed by atoms with van der Waals surface area (Å²) in [4.78, 5) is 21.9. The normalized spacial score (nSPS) is 15.2. The van der Waals surface area contributed by atoms with Gasteiger partial charge in [-0.2, -0.15) is 13.2 Å². The third-order valence-corrected chi connectivity index (χ3v) is 6.49. The molecule has 3 heterocycles. The summed E-state index contributed by atoms with van der Waals surface area (Å²) < 4.78 is 40.4. The van der Waals surface area contributed by atoms with Gasteiger partial charge in [-0.3, -0.25) is 9.55 Å². The van der Waals surface area contributed by atoms with Crippen LogP contribution in [0, 0.1) is 6.92 Å². The van der Waals surface area contributed by atoms with E-state index >= 15 is 0 Å². The molecule has 0 saturated carbocycles. The zero-order valence-electron chi connectivity index (χ0n) is 18.2. The number of aromatic hydroxyl groups is 1. The second-order valence-corrected chi connectivity index (χ2v) is 9.09. The maximum Gasteiger partial charge on any atom is 0.446 e. The summed E-state index contributed by atoms with van der Waals surface area (Å²) >= 11 is -0.230. The van der Waals surface area contributed by atoms with Gasteiger partial charge in [0.25, 0.3) is 0 Å². The number of anilines is 1. The van der Waals surface area contributed by atoms with Crippen molar-refractivity contribution in [3.63, 3.8) is 0 Å². The van der Waals surface area contributed by atoms with Crippen molar-refractivity contribution in [2.45, 2.75) is 23.9 Å². The van der Waals surface area contributed by atoms with Gasteiger partial charge in [0.2, 0.25) is 5.88 Å². The number of piperazine rings is 1. The van der Waals surface area contributed by atoms with Crippen LogP contribution in [-0.4, -0.2) is 62.9 Å². The highest BCUT2D eigenvalue weighted by atomic mass is 32.2. The van der Waals surface area contributed by atoms with Gasteiger partial charge in [0.15, 0.2) is 0 Å². The molecule has 33 heavy (non-hydrogen) atoms. The lowest BCUT2D eigenvalue weighted by Gasteiger charge is -2.34. The van der Waals surface area contributed by atoms with Gasteiger partial charge in [0.1, 0.15) is 0 Å². The number of halogens is 3. The molecule has 1 aliphatic heterocycles. The summed E-state index contributed by atoms with van der Waals surface area (Å²) in [6, 6.07) is 7.19. The van der Waals surface area contributed by atoms with Crippen LogP contribution >= 0.6 is 11.8 Å². The first-order valence-corrected chi connectivity index (χ1v) is 11.2. The van der Waals surface area contributed by atoms with E-state index in [2.05, 4.69) is 21.8 Å². The molecule has 11 heteroatoms. The highest BCUT2D eigenvalue weighted by molar-refractivity contribution is 8.00. The topological polar surface area (TPSA) is 66.5 Å². The molecule has 1 aromatic carbocycles. The lowest BCUT2D eigenvalue weighted by Crippen LogP contribution is -2.45. The van der Waals surface area contributed by atoms with E-state index in [0.29, 0.717) is 11.4 Å². The number of hydrogen-bond acceptors (Lipinski definition) is 6. The van der Waals surface area contributed by atoms with Gasteiger partial charge >= 0.3 is 11.2 Å². The van der Waals surface area contributed by atoms with E-state index < -0.39 is 11.2 Å². The Morgan fingerprint density at radius 3 is 2.39 bits per heavy atom. The Kier molecular flexibility index (Phi) is 6.44. The van der Waals surface area contributed by atoms with Gasteiger partial charge in [0.05, 0.1) is 29.8 Å². The fourth-order valence-electron chi connectivity index (χ4n) is 3.90. The predicted molar refractivity (Wildman–Crippen MR) is 121 cm³/mol. The molecule has 0 bridgehead atoms. The number of nitrogens with zero attached hydrogens (tertiary/aromatic N) is 5. The predicted octanol–water partition coefficient (Wildman–Crippen LogP) is 3.46. The molecular weight excluding hydrogens is 455 g/mol. The van der Waals surface area contributed by atoms with Crippen LogP contribution in [0.1, 0.15) is 11.3 Å². The molecule has 3 aromatic rings. The van der Waals surface area contributed by atoms with Gasteiger partial charge < -0.3 is 14.9 Å². The van der Waals surface area contributed by atoms with Crippen LogP contribution < -0.4 is 10.6 Å². The highest BCUT2D eigenvalue weighted by Crippen LogP contribution is 2.37. The Morgan fingerprint density at radius 1 is 1.09 bits per heavy atom. The van der Waals surface area contributed by atoms with Crippen LogP contribution in [0.4, 0.5) is 18.9 Å². The van der Waals surface area contributed by atoms with Crippen LogP contribution in [0.15, 0.2) is 52.4 Å². The number of alkyl halides is 3. The number of thioether (sulfide) groups is 1. The van der Waals surface area contributed by atoms with Crippen LogP contribution in [-0.2, 0) is 6.54 Å². The zero-order chi connectivity index (χ0) is 23.8. The first-order valence-electron chi connectivity index (χ1n) is 10.4. The van der Waals surface area contributed by atoms with Crippen LogP contribution in [0.2, 0.25) is 0 Å². The standard InChI is InChI=1S/C22H24F3N5O2S/c1-15-20(31)30(17-3-5-18(6-4-17)33-22(23,24)25)21(32)29(15)14-16-7-8-26-13-19(16)28-11-9-27(2)10-12-28/h3-8,13,31H,9-12,14H2,1-2H3. The van der Waals surface area contributed by atoms with Crippen molar-refractivity contribution in [3.05, 3.63) is 64.5 Å². The summed E-state index contributed by atoms with van der Waals surface area (Å²) in [5, 5.41) is 10.7. The fraction of sp³-hybridized carbons (Fsp3) is 0.364. The van der Waals surface area contributed by atoms with E-state index in [1.807, 2.05) is 6.07 Å². The van der Waals surface area contributed by atoms with E-state index in [0.717, 1.165) is 42.0 Å². The van der Waals surface area contributed by atoms with Crippen LogP contribution in [0.25, 0.3) is 5.69 Å². The first kappa shape index (κ1) is 23.2. The van der Waals surface area contributed by atoms with Crippen molar-refractivity contribution in [2.75, 3.05) is 38.1 Å². The third-order valence-electron chi connectivity index (χ3n) is 5.75. The molecular formula is C22H24F3N5O2S. The second kappa shape index (κ2) is 9.14. The number of rotatable bonds is 5. The Bertz CT molecular complexity index is 1180. The number of benzene rings is 1. The van der Waals surface area contributed by atoms with Crippen LogP contribution in [0.5, 0.6) is 5.88 Å². The van der Waals surface area contributed by atoms with Crippen molar-refractivity contribution in [1.29, 1.82) is 0 Å². The monoisotopic (exact) mass is 479 g/mol. The van der Waals surface area contributed by atoms with Crippen molar-refractivity contribution in [2.24, 2.45) is 0 Å². The first-order chi connectivity index (χ1) is 15.6. The largest absolute Gasteiger partial charge is 0.493 e. The molecule has 0 spiro atoms. The van der Waals surface area contributed by atoms with E-state index in [4.69, 9.17) is 0 Å². The minimum atomic E-state index is -4.40. The molecule has 7 nitrogen and oxygen atoms in total. The van der Waals surface area contributed by atoms with E-state index in [1.165, 1.54) is 28.8 Å². The molecule has 176 valence electrons. The molecule has 1 N–H and O–H groups in total. The van der Waals surface area contributed by atoms with E-state index in [1.54, 1.807) is 19.3 Å². The van der Waals surface area contributed by atoms with Gasteiger partial charge in [-0.15, -0.1) is 0 Å². The second-order valence-electron chi connectivity index (χ2n) is 7.95. The van der Waals surface area contributed by atoms with Crippen molar-refractivity contribution in [1.82, 2.24) is 19.0 Å². The molecule has 1 aliphatic rings. The molecule has 1 saturated heterocycles. The van der Waals surface area contributed by atoms with Gasteiger partial charge in [0, 0.05) is 37.3 Å². The quantitative estimate of drug-likeness (QED) is 0.566. The molecule has 0 amide bonds. The van der Waals surface area contributed by atoms with Crippen molar-refractivity contribution >= 4 is 17.4 Å². The van der Waals surface area contributed by atoms with Gasteiger partial charge in [-0.05, 0) is 61.6 Å². The molecule has 1 fully saturated rings. The molecule has 0 aliphatic carbocycles.